The number of rotatable bonds is 7. The molecule has 2 aromatic rings. The Morgan fingerprint density at radius 1 is 1.10 bits per heavy atom. The van der Waals surface area contributed by atoms with Gasteiger partial charge in [-0.2, -0.15) is 0 Å². The van der Waals surface area contributed by atoms with E-state index < -0.39 is 29.3 Å². The number of nitrogens with zero attached hydrogens (tertiary/aromatic N) is 1. The van der Waals surface area contributed by atoms with E-state index in [9.17, 15) is 19.1 Å². The molecule has 0 bridgehead atoms. The van der Waals surface area contributed by atoms with E-state index in [1.165, 1.54) is 62.6 Å². The van der Waals surface area contributed by atoms with Crippen molar-refractivity contribution in [3.8, 4) is 11.5 Å². The lowest BCUT2D eigenvalue weighted by molar-refractivity contribution is -0.140. The molecule has 0 aromatic heterocycles. The van der Waals surface area contributed by atoms with Crippen molar-refractivity contribution in [1.29, 1.82) is 0 Å². The van der Waals surface area contributed by atoms with Gasteiger partial charge in [-0.25, -0.2) is 4.39 Å². The molecule has 7 nitrogen and oxygen atoms in total. The van der Waals surface area contributed by atoms with Crippen LogP contribution < -0.4 is 9.47 Å². The maximum atomic E-state index is 13.5. The summed E-state index contributed by atoms with van der Waals surface area (Å²) in [6.45, 7) is 0.268. The van der Waals surface area contributed by atoms with Crippen LogP contribution in [0, 0.1) is 5.82 Å². The average molecular weight is 450 g/mol. The van der Waals surface area contributed by atoms with Gasteiger partial charge >= 0.3 is 0 Å². The number of ether oxygens (including phenoxy) is 3. The summed E-state index contributed by atoms with van der Waals surface area (Å²) in [6, 6.07) is 7.26. The van der Waals surface area contributed by atoms with Gasteiger partial charge < -0.3 is 24.2 Å². The van der Waals surface area contributed by atoms with Crippen LogP contribution in [0.3, 0.4) is 0 Å². The molecule has 31 heavy (non-hydrogen) atoms. The van der Waals surface area contributed by atoms with Crippen LogP contribution in [0.1, 0.15) is 17.2 Å². The molecule has 1 N–H and O–H groups in total. The first-order valence-corrected chi connectivity index (χ1v) is 9.66. The van der Waals surface area contributed by atoms with Gasteiger partial charge in [0.1, 0.15) is 23.1 Å². The number of likely N-dealkylation sites (tertiary alicyclic amines) is 1. The highest BCUT2D eigenvalue weighted by Crippen LogP contribution is 2.42. The minimum atomic E-state index is -0.942. The summed E-state index contributed by atoms with van der Waals surface area (Å²) < 4.78 is 29.1. The molecule has 0 saturated carbocycles. The summed E-state index contributed by atoms with van der Waals surface area (Å²) in [6.07, 6.45) is 0. The van der Waals surface area contributed by atoms with Crippen molar-refractivity contribution in [2.24, 2.45) is 0 Å². The smallest absolute Gasteiger partial charge is 0.295 e. The maximum absolute atomic E-state index is 13.5. The molecule has 1 saturated heterocycles. The van der Waals surface area contributed by atoms with Gasteiger partial charge in [0.05, 0.1) is 43.0 Å². The molecule has 2 aromatic carbocycles. The summed E-state index contributed by atoms with van der Waals surface area (Å²) in [5.41, 5.74) is 0.425. The van der Waals surface area contributed by atoms with Crippen LogP contribution >= 0.6 is 11.6 Å². The van der Waals surface area contributed by atoms with Gasteiger partial charge in [-0.1, -0.05) is 23.7 Å². The third-order valence-corrected chi connectivity index (χ3v) is 5.29. The van der Waals surface area contributed by atoms with Crippen LogP contribution in [0.2, 0.25) is 5.02 Å². The highest BCUT2D eigenvalue weighted by molar-refractivity contribution is 6.46. The van der Waals surface area contributed by atoms with E-state index in [1.807, 2.05) is 0 Å². The molecule has 1 amide bonds. The number of carbonyl (C=O) groups excluding carboxylic acids is 2. The third kappa shape index (κ3) is 4.22. The summed E-state index contributed by atoms with van der Waals surface area (Å²) >= 11 is 6.13. The van der Waals surface area contributed by atoms with Crippen molar-refractivity contribution >= 4 is 29.1 Å². The molecule has 1 aliphatic heterocycles. The van der Waals surface area contributed by atoms with E-state index in [4.69, 9.17) is 25.8 Å². The van der Waals surface area contributed by atoms with E-state index in [2.05, 4.69) is 0 Å². The Balaban J connectivity index is 2.24. The Labute approximate surface area is 183 Å². The zero-order valence-corrected chi connectivity index (χ0v) is 17.9. The fourth-order valence-corrected chi connectivity index (χ4v) is 3.71. The lowest BCUT2D eigenvalue weighted by Crippen LogP contribution is -2.32. The van der Waals surface area contributed by atoms with Crippen molar-refractivity contribution in [3.05, 3.63) is 63.9 Å². The highest BCUT2D eigenvalue weighted by atomic mass is 35.5. The summed E-state index contributed by atoms with van der Waals surface area (Å²) in [7, 11) is 4.25. The zero-order valence-electron chi connectivity index (χ0n) is 17.1. The molecule has 9 heteroatoms. The number of hydrogen-bond donors (Lipinski definition) is 1. The number of aliphatic hydroxyl groups excluding tert-OH is 1. The summed E-state index contributed by atoms with van der Waals surface area (Å²) in [4.78, 5) is 27.0. The van der Waals surface area contributed by atoms with Gasteiger partial charge in [-0.05, 0) is 23.8 Å². The SMILES string of the molecule is COCCN1C(=O)C(=O)/C(=C(/O)c2cc(OC)c(Cl)cc2OC)C1c1ccc(F)cc1. The first-order chi connectivity index (χ1) is 14.8. The molecular weight excluding hydrogens is 429 g/mol. The zero-order chi connectivity index (χ0) is 22.7. The van der Waals surface area contributed by atoms with E-state index in [0.717, 1.165) is 0 Å². The topological polar surface area (TPSA) is 85.3 Å². The van der Waals surface area contributed by atoms with E-state index >= 15 is 0 Å². The number of benzene rings is 2. The molecule has 1 aliphatic rings. The maximum Gasteiger partial charge on any atom is 0.295 e. The minimum absolute atomic E-state index is 0.0982. The fourth-order valence-electron chi connectivity index (χ4n) is 3.48. The average Bonchev–Trinajstić information content (AvgIpc) is 3.02. The number of aliphatic hydroxyl groups is 1. The van der Waals surface area contributed by atoms with Gasteiger partial charge in [0.2, 0.25) is 0 Å². The molecule has 1 atom stereocenters. The Morgan fingerprint density at radius 2 is 1.74 bits per heavy atom. The van der Waals surface area contributed by atoms with Crippen LogP contribution in [0.5, 0.6) is 11.5 Å². The van der Waals surface area contributed by atoms with Gasteiger partial charge in [0.25, 0.3) is 11.7 Å². The van der Waals surface area contributed by atoms with Gasteiger partial charge in [0, 0.05) is 19.7 Å². The molecule has 164 valence electrons. The predicted octanol–water partition coefficient (Wildman–Crippen LogP) is 3.56. The standard InChI is InChI=1S/C22H21ClFNO6/c1-29-9-8-25-19(12-4-6-13(24)7-5-12)18(21(27)22(25)28)20(26)14-10-17(31-3)15(23)11-16(14)30-2/h4-7,10-11,19,26H,8-9H2,1-3H3/b20-18+. The van der Waals surface area contributed by atoms with Crippen molar-refractivity contribution in [2.45, 2.75) is 6.04 Å². The first kappa shape index (κ1) is 22.6. The van der Waals surface area contributed by atoms with E-state index in [-0.39, 0.29) is 40.8 Å². The largest absolute Gasteiger partial charge is 0.507 e. The van der Waals surface area contributed by atoms with Crippen molar-refractivity contribution in [3.63, 3.8) is 0 Å². The van der Waals surface area contributed by atoms with E-state index in [0.29, 0.717) is 5.56 Å². The Bertz CT molecular complexity index is 1040. The molecule has 1 fully saturated rings. The number of halogens is 2. The lowest BCUT2D eigenvalue weighted by Gasteiger charge is -2.25. The fraction of sp³-hybridized carbons (Fsp3) is 0.273. The van der Waals surface area contributed by atoms with Crippen LogP contribution in [-0.2, 0) is 14.3 Å². The lowest BCUT2D eigenvalue weighted by atomic mass is 9.95. The Hall–Kier alpha value is -3.10. The second-order valence-corrected chi connectivity index (χ2v) is 7.13. The highest BCUT2D eigenvalue weighted by Gasteiger charge is 2.46. The van der Waals surface area contributed by atoms with Gasteiger partial charge in [0.15, 0.2) is 0 Å². The van der Waals surface area contributed by atoms with Crippen LogP contribution in [0.25, 0.3) is 5.76 Å². The minimum Gasteiger partial charge on any atom is -0.507 e. The van der Waals surface area contributed by atoms with Crippen LogP contribution in [0.15, 0.2) is 42.0 Å². The van der Waals surface area contributed by atoms with Crippen molar-refractivity contribution in [1.82, 2.24) is 4.90 Å². The molecular formula is C22H21ClFNO6. The second kappa shape index (κ2) is 9.36. The number of amides is 1. The number of Topliss-reactive ketones (excluding diaryl/α,β-unsaturated/α-hetero) is 1. The molecule has 1 unspecified atom stereocenters. The van der Waals surface area contributed by atoms with Crippen molar-refractivity contribution < 1.29 is 33.3 Å². The molecule has 0 radical (unpaired) electrons. The number of hydrogen-bond acceptors (Lipinski definition) is 6. The first-order valence-electron chi connectivity index (χ1n) is 9.28. The quantitative estimate of drug-likeness (QED) is 0.395. The Kier molecular flexibility index (Phi) is 6.82. The van der Waals surface area contributed by atoms with Crippen molar-refractivity contribution in [2.75, 3.05) is 34.5 Å². The number of methoxy groups -OCH3 is 3. The molecule has 0 aliphatic carbocycles. The Morgan fingerprint density at radius 3 is 2.32 bits per heavy atom. The molecule has 0 spiro atoms. The van der Waals surface area contributed by atoms with Crippen LogP contribution in [0.4, 0.5) is 4.39 Å². The number of ketones is 1. The predicted molar refractivity (Wildman–Crippen MR) is 112 cm³/mol. The van der Waals surface area contributed by atoms with Crippen LogP contribution in [-0.4, -0.2) is 56.2 Å². The third-order valence-electron chi connectivity index (χ3n) is 4.99. The number of carbonyl (C=O) groups is 2. The van der Waals surface area contributed by atoms with Gasteiger partial charge in [-0.15, -0.1) is 0 Å². The van der Waals surface area contributed by atoms with E-state index in [1.54, 1.807) is 0 Å². The second-order valence-electron chi connectivity index (χ2n) is 6.72. The summed E-state index contributed by atoms with van der Waals surface area (Å²) in [5, 5.41) is 11.4. The normalized spacial score (nSPS) is 17.8. The van der Waals surface area contributed by atoms with Gasteiger partial charge in [-0.3, -0.25) is 9.59 Å². The molecule has 3 rings (SSSR count). The molecule has 1 heterocycles. The summed E-state index contributed by atoms with van der Waals surface area (Å²) in [5.74, 6) is -2.17. The monoisotopic (exact) mass is 449 g/mol.